The zero-order chi connectivity index (χ0) is 15.0. The number of benzene rings is 1. The fourth-order valence-corrected chi connectivity index (χ4v) is 2.03. The molecule has 0 fully saturated rings. The SMILES string of the molecule is Cc1ccc(Nc2nc(N(C)C)nn3cccc23)cc1O. The van der Waals surface area contributed by atoms with Crippen LogP contribution in [0.2, 0.25) is 0 Å². The fraction of sp³-hybridized carbons (Fsp3) is 0.200. The third kappa shape index (κ3) is 2.47. The minimum absolute atomic E-state index is 0.258. The molecule has 2 aromatic heterocycles. The van der Waals surface area contributed by atoms with Crippen molar-refractivity contribution in [2.45, 2.75) is 6.92 Å². The molecular formula is C15H17N5O. The fourth-order valence-electron chi connectivity index (χ4n) is 2.03. The third-order valence-corrected chi connectivity index (χ3v) is 3.25. The van der Waals surface area contributed by atoms with Crippen molar-refractivity contribution < 1.29 is 5.11 Å². The predicted molar refractivity (Wildman–Crippen MR) is 83.4 cm³/mol. The first-order chi connectivity index (χ1) is 10.0. The van der Waals surface area contributed by atoms with Gasteiger partial charge in [0.25, 0.3) is 0 Å². The average Bonchev–Trinajstić information content (AvgIpc) is 2.91. The van der Waals surface area contributed by atoms with Crippen molar-refractivity contribution in [3.05, 3.63) is 42.1 Å². The van der Waals surface area contributed by atoms with Gasteiger partial charge in [-0.1, -0.05) is 6.07 Å². The molecule has 0 bridgehead atoms. The van der Waals surface area contributed by atoms with E-state index in [-0.39, 0.29) is 5.75 Å². The number of aryl methyl sites for hydroxylation is 1. The molecule has 2 heterocycles. The second-order valence-corrected chi connectivity index (χ2v) is 5.12. The molecule has 0 saturated heterocycles. The molecule has 0 spiro atoms. The Hall–Kier alpha value is -2.76. The van der Waals surface area contributed by atoms with Gasteiger partial charge < -0.3 is 15.3 Å². The van der Waals surface area contributed by atoms with Crippen molar-refractivity contribution in [3.63, 3.8) is 0 Å². The average molecular weight is 283 g/mol. The lowest BCUT2D eigenvalue weighted by Gasteiger charge is -2.14. The van der Waals surface area contributed by atoms with Crippen LogP contribution in [0.15, 0.2) is 36.5 Å². The van der Waals surface area contributed by atoms with Crippen molar-refractivity contribution in [2.75, 3.05) is 24.3 Å². The van der Waals surface area contributed by atoms with E-state index in [2.05, 4.69) is 15.4 Å². The van der Waals surface area contributed by atoms with E-state index in [1.54, 1.807) is 10.6 Å². The van der Waals surface area contributed by atoms with Gasteiger partial charge in [-0.25, -0.2) is 4.52 Å². The van der Waals surface area contributed by atoms with Crippen LogP contribution >= 0.6 is 0 Å². The number of rotatable bonds is 3. The van der Waals surface area contributed by atoms with E-state index in [1.807, 2.05) is 56.4 Å². The summed E-state index contributed by atoms with van der Waals surface area (Å²) in [5, 5.41) is 17.5. The molecule has 0 radical (unpaired) electrons. The highest BCUT2D eigenvalue weighted by atomic mass is 16.3. The molecular weight excluding hydrogens is 266 g/mol. The second kappa shape index (κ2) is 4.97. The van der Waals surface area contributed by atoms with E-state index in [1.165, 1.54) is 0 Å². The summed E-state index contributed by atoms with van der Waals surface area (Å²) in [5.41, 5.74) is 2.50. The molecule has 3 aromatic rings. The summed E-state index contributed by atoms with van der Waals surface area (Å²) < 4.78 is 1.78. The number of phenols is 1. The first-order valence-corrected chi connectivity index (χ1v) is 6.64. The monoisotopic (exact) mass is 283 g/mol. The number of nitrogens with one attached hydrogen (secondary N) is 1. The van der Waals surface area contributed by atoms with Crippen molar-refractivity contribution in [1.82, 2.24) is 14.6 Å². The molecule has 0 aliphatic heterocycles. The Labute approximate surface area is 122 Å². The molecule has 0 unspecified atom stereocenters. The zero-order valence-electron chi connectivity index (χ0n) is 12.2. The Bertz CT molecular complexity index is 794. The summed E-state index contributed by atoms with van der Waals surface area (Å²) in [7, 11) is 3.79. The summed E-state index contributed by atoms with van der Waals surface area (Å²) >= 11 is 0. The maximum atomic E-state index is 9.81. The molecule has 6 heteroatoms. The smallest absolute Gasteiger partial charge is 0.245 e. The van der Waals surface area contributed by atoms with Gasteiger partial charge in [-0.2, -0.15) is 4.98 Å². The molecule has 108 valence electrons. The van der Waals surface area contributed by atoms with Gasteiger partial charge in [0.15, 0.2) is 5.82 Å². The Morgan fingerprint density at radius 3 is 2.76 bits per heavy atom. The molecule has 21 heavy (non-hydrogen) atoms. The highest BCUT2D eigenvalue weighted by Crippen LogP contribution is 2.26. The standard InChI is InChI=1S/C15H17N5O/c1-10-6-7-11(9-13(10)21)16-14-12-5-4-8-20(12)18-15(17-14)19(2)3/h4-9,21H,1-3H3,(H,16,17,18). The van der Waals surface area contributed by atoms with E-state index in [0.29, 0.717) is 11.8 Å². The number of anilines is 3. The number of fused-ring (bicyclic) bond motifs is 1. The van der Waals surface area contributed by atoms with Crippen LogP contribution in [0, 0.1) is 6.92 Å². The summed E-state index contributed by atoms with van der Waals surface area (Å²) in [6, 6.07) is 9.32. The van der Waals surface area contributed by atoms with Crippen molar-refractivity contribution >= 4 is 23.0 Å². The zero-order valence-corrected chi connectivity index (χ0v) is 12.2. The van der Waals surface area contributed by atoms with E-state index < -0.39 is 0 Å². The van der Waals surface area contributed by atoms with Gasteiger partial charge in [-0.05, 0) is 30.7 Å². The molecule has 0 saturated carbocycles. The lowest BCUT2D eigenvalue weighted by molar-refractivity contribution is 0.471. The van der Waals surface area contributed by atoms with Crippen LogP contribution in [0.5, 0.6) is 5.75 Å². The summed E-state index contributed by atoms with van der Waals surface area (Å²) in [6.45, 7) is 1.86. The van der Waals surface area contributed by atoms with E-state index in [4.69, 9.17) is 0 Å². The van der Waals surface area contributed by atoms with Gasteiger partial charge in [0.1, 0.15) is 11.3 Å². The number of aromatic nitrogens is 3. The number of hydrogen-bond donors (Lipinski definition) is 2. The van der Waals surface area contributed by atoms with Crippen LogP contribution in [-0.2, 0) is 0 Å². The van der Waals surface area contributed by atoms with Crippen LogP contribution in [0.4, 0.5) is 17.5 Å². The van der Waals surface area contributed by atoms with Gasteiger partial charge in [0, 0.05) is 32.0 Å². The number of aromatic hydroxyl groups is 1. The van der Waals surface area contributed by atoms with Crippen LogP contribution in [-0.4, -0.2) is 33.8 Å². The largest absolute Gasteiger partial charge is 0.508 e. The minimum atomic E-state index is 0.258. The number of hydrogen-bond acceptors (Lipinski definition) is 5. The van der Waals surface area contributed by atoms with Crippen molar-refractivity contribution in [3.8, 4) is 5.75 Å². The molecule has 0 aliphatic rings. The van der Waals surface area contributed by atoms with Gasteiger partial charge in [-0.3, -0.25) is 0 Å². The van der Waals surface area contributed by atoms with Gasteiger partial charge in [-0.15, -0.1) is 5.10 Å². The first-order valence-electron chi connectivity index (χ1n) is 6.64. The summed E-state index contributed by atoms with van der Waals surface area (Å²) in [5.74, 6) is 1.56. The molecule has 6 nitrogen and oxygen atoms in total. The van der Waals surface area contributed by atoms with Crippen LogP contribution < -0.4 is 10.2 Å². The lowest BCUT2D eigenvalue weighted by atomic mass is 10.2. The Balaban J connectivity index is 2.06. The van der Waals surface area contributed by atoms with Gasteiger partial charge in [0.2, 0.25) is 5.95 Å². The number of phenolic OH excluding ortho intramolecular Hbond substituents is 1. The van der Waals surface area contributed by atoms with Crippen molar-refractivity contribution in [1.29, 1.82) is 0 Å². The first kappa shape index (κ1) is 13.2. The van der Waals surface area contributed by atoms with E-state index in [0.717, 1.165) is 16.8 Å². The van der Waals surface area contributed by atoms with Crippen LogP contribution in [0.3, 0.4) is 0 Å². The third-order valence-electron chi connectivity index (χ3n) is 3.25. The van der Waals surface area contributed by atoms with E-state index >= 15 is 0 Å². The van der Waals surface area contributed by atoms with Gasteiger partial charge >= 0.3 is 0 Å². The molecule has 3 rings (SSSR count). The Kier molecular flexibility index (Phi) is 3.13. The molecule has 2 N–H and O–H groups in total. The van der Waals surface area contributed by atoms with E-state index in [9.17, 15) is 5.11 Å². The predicted octanol–water partition coefficient (Wildman–Crippen LogP) is 2.55. The van der Waals surface area contributed by atoms with Gasteiger partial charge in [0.05, 0.1) is 0 Å². The van der Waals surface area contributed by atoms with Crippen LogP contribution in [0.1, 0.15) is 5.56 Å². The lowest BCUT2D eigenvalue weighted by Crippen LogP contribution is -2.15. The maximum Gasteiger partial charge on any atom is 0.245 e. The molecule has 0 amide bonds. The Morgan fingerprint density at radius 2 is 2.05 bits per heavy atom. The van der Waals surface area contributed by atoms with Crippen molar-refractivity contribution in [2.24, 2.45) is 0 Å². The number of nitrogens with zero attached hydrogens (tertiary/aromatic N) is 4. The molecule has 0 aliphatic carbocycles. The molecule has 1 aromatic carbocycles. The minimum Gasteiger partial charge on any atom is -0.508 e. The highest BCUT2D eigenvalue weighted by Gasteiger charge is 2.09. The van der Waals surface area contributed by atoms with Crippen LogP contribution in [0.25, 0.3) is 5.52 Å². The second-order valence-electron chi connectivity index (χ2n) is 5.12. The maximum absolute atomic E-state index is 9.81. The summed E-state index contributed by atoms with van der Waals surface area (Å²) in [4.78, 5) is 6.37. The summed E-state index contributed by atoms with van der Waals surface area (Å²) in [6.07, 6.45) is 1.88. The topological polar surface area (TPSA) is 65.7 Å². The Morgan fingerprint density at radius 1 is 1.24 bits per heavy atom. The quantitative estimate of drug-likeness (QED) is 0.773. The highest BCUT2D eigenvalue weighted by molar-refractivity contribution is 5.74. The normalized spacial score (nSPS) is 10.8. The molecule has 0 atom stereocenters.